The highest BCUT2D eigenvalue weighted by atomic mass is 16.5. The van der Waals surface area contributed by atoms with Gasteiger partial charge in [-0.1, -0.05) is 0 Å². The maximum absolute atomic E-state index is 11.8. The van der Waals surface area contributed by atoms with Crippen molar-refractivity contribution < 1.29 is 28.7 Å². The van der Waals surface area contributed by atoms with Crippen molar-refractivity contribution in [3.05, 3.63) is 53.3 Å². The predicted octanol–water partition coefficient (Wildman–Crippen LogP) is 1.80. The van der Waals surface area contributed by atoms with Gasteiger partial charge in [0.05, 0.1) is 12.7 Å². The zero-order chi connectivity index (χ0) is 18.4. The van der Waals surface area contributed by atoms with Crippen LogP contribution in [-0.4, -0.2) is 42.3 Å². The molecule has 0 aliphatic carbocycles. The number of nitrogens with one attached hydrogen (secondary N) is 2. The van der Waals surface area contributed by atoms with Crippen molar-refractivity contribution in [2.75, 3.05) is 19.0 Å². The third-order valence-corrected chi connectivity index (χ3v) is 3.23. The largest absolute Gasteiger partial charge is 0.465 e. The lowest BCUT2D eigenvalue weighted by atomic mass is 10.2. The molecule has 8 nitrogen and oxygen atoms in total. The highest BCUT2D eigenvalue weighted by molar-refractivity contribution is 5.98. The van der Waals surface area contributed by atoms with Crippen molar-refractivity contribution in [2.24, 2.45) is 0 Å². The molecule has 0 aliphatic rings. The van der Waals surface area contributed by atoms with Gasteiger partial charge in [-0.15, -0.1) is 0 Å². The van der Waals surface area contributed by atoms with E-state index < -0.39 is 24.5 Å². The molecule has 0 saturated carbocycles. The van der Waals surface area contributed by atoms with Crippen molar-refractivity contribution >= 4 is 29.3 Å². The molecule has 0 radical (unpaired) electrons. The topological polar surface area (TPSA) is 115 Å². The molecule has 1 heterocycles. The Hall–Kier alpha value is -3.42. The van der Waals surface area contributed by atoms with E-state index in [-0.39, 0.29) is 11.5 Å². The van der Waals surface area contributed by atoms with Gasteiger partial charge in [0.1, 0.15) is 5.69 Å². The van der Waals surface area contributed by atoms with E-state index in [0.717, 1.165) is 0 Å². The number of Topliss-reactive ketones (excluding diaryl/α,β-unsaturated/α-hetero) is 1. The standard InChI is InChI=1S/C17H16N2O6/c1-10(20)12-7-14(18-8-12)17(23)25-9-15(21)19-13-5-3-11(4-6-13)16(22)24-2/h3-8,18H,9H2,1-2H3,(H,19,21). The minimum absolute atomic E-state index is 0.0837. The maximum atomic E-state index is 11.8. The highest BCUT2D eigenvalue weighted by Crippen LogP contribution is 2.11. The molecule has 2 rings (SSSR count). The number of anilines is 1. The number of benzene rings is 1. The van der Waals surface area contributed by atoms with Crippen molar-refractivity contribution in [2.45, 2.75) is 6.92 Å². The van der Waals surface area contributed by atoms with Crippen molar-refractivity contribution in [1.82, 2.24) is 4.98 Å². The third kappa shape index (κ3) is 4.77. The Morgan fingerprint density at radius 2 is 1.72 bits per heavy atom. The fraction of sp³-hybridized carbons (Fsp3) is 0.176. The molecule has 130 valence electrons. The zero-order valence-corrected chi connectivity index (χ0v) is 13.6. The van der Waals surface area contributed by atoms with E-state index in [2.05, 4.69) is 15.0 Å². The molecule has 1 aromatic heterocycles. The molecule has 1 amide bonds. The second-order valence-corrected chi connectivity index (χ2v) is 5.05. The summed E-state index contributed by atoms with van der Waals surface area (Å²) in [7, 11) is 1.27. The number of esters is 2. The molecule has 1 aromatic carbocycles. The summed E-state index contributed by atoms with van der Waals surface area (Å²) >= 11 is 0. The van der Waals surface area contributed by atoms with Crippen LogP contribution >= 0.6 is 0 Å². The van der Waals surface area contributed by atoms with Gasteiger partial charge in [-0.3, -0.25) is 9.59 Å². The van der Waals surface area contributed by atoms with E-state index in [1.807, 2.05) is 0 Å². The number of hydrogen-bond donors (Lipinski definition) is 2. The Morgan fingerprint density at radius 3 is 2.28 bits per heavy atom. The fourth-order valence-corrected chi connectivity index (χ4v) is 1.93. The average Bonchev–Trinajstić information content (AvgIpc) is 3.10. The first-order valence-electron chi connectivity index (χ1n) is 7.25. The molecule has 2 aromatic rings. The van der Waals surface area contributed by atoms with E-state index in [0.29, 0.717) is 16.8 Å². The van der Waals surface area contributed by atoms with Gasteiger partial charge in [0.2, 0.25) is 0 Å². The zero-order valence-electron chi connectivity index (χ0n) is 13.6. The number of H-pyrrole nitrogens is 1. The maximum Gasteiger partial charge on any atom is 0.355 e. The molecule has 8 heteroatoms. The Balaban J connectivity index is 1.86. The lowest BCUT2D eigenvalue weighted by molar-refractivity contribution is -0.119. The second kappa shape index (κ2) is 7.91. The van der Waals surface area contributed by atoms with Crippen LogP contribution in [0.4, 0.5) is 5.69 Å². The van der Waals surface area contributed by atoms with Gasteiger partial charge in [-0.05, 0) is 37.3 Å². The second-order valence-electron chi connectivity index (χ2n) is 5.05. The lowest BCUT2D eigenvalue weighted by Crippen LogP contribution is -2.21. The number of aromatic amines is 1. The Bertz CT molecular complexity index is 807. The van der Waals surface area contributed by atoms with E-state index in [4.69, 9.17) is 4.74 Å². The molecule has 0 spiro atoms. The fourth-order valence-electron chi connectivity index (χ4n) is 1.93. The van der Waals surface area contributed by atoms with Crippen LogP contribution in [0.1, 0.15) is 38.1 Å². The number of ketones is 1. The van der Waals surface area contributed by atoms with Crippen LogP contribution in [0.15, 0.2) is 36.5 Å². The smallest absolute Gasteiger partial charge is 0.355 e. The van der Waals surface area contributed by atoms with Crippen LogP contribution in [0, 0.1) is 0 Å². The minimum atomic E-state index is -0.747. The normalized spacial score (nSPS) is 10.0. The number of carbonyl (C=O) groups is 4. The van der Waals surface area contributed by atoms with Crippen molar-refractivity contribution in [1.29, 1.82) is 0 Å². The summed E-state index contributed by atoms with van der Waals surface area (Å²) in [6.45, 7) is 0.878. The van der Waals surface area contributed by atoms with E-state index in [9.17, 15) is 19.2 Å². The van der Waals surface area contributed by atoms with Crippen LogP contribution in [0.25, 0.3) is 0 Å². The monoisotopic (exact) mass is 344 g/mol. The minimum Gasteiger partial charge on any atom is -0.465 e. The first-order chi connectivity index (χ1) is 11.9. The molecule has 0 bridgehead atoms. The SMILES string of the molecule is COC(=O)c1ccc(NC(=O)COC(=O)c2cc(C(C)=O)c[nH]2)cc1. The Kier molecular flexibility index (Phi) is 5.67. The lowest BCUT2D eigenvalue weighted by Gasteiger charge is -2.06. The molecular weight excluding hydrogens is 328 g/mol. The molecule has 0 unspecified atom stereocenters. The van der Waals surface area contributed by atoms with Crippen LogP contribution in [0.3, 0.4) is 0 Å². The van der Waals surface area contributed by atoms with Gasteiger partial charge >= 0.3 is 11.9 Å². The average molecular weight is 344 g/mol. The molecule has 0 saturated heterocycles. The summed E-state index contributed by atoms with van der Waals surface area (Å²) in [5.41, 5.74) is 1.22. The van der Waals surface area contributed by atoms with Gasteiger partial charge in [-0.2, -0.15) is 0 Å². The number of ether oxygens (including phenoxy) is 2. The molecule has 0 fully saturated rings. The first kappa shape index (κ1) is 17.9. The van der Waals surface area contributed by atoms with Gasteiger partial charge in [0.25, 0.3) is 5.91 Å². The highest BCUT2D eigenvalue weighted by Gasteiger charge is 2.14. The summed E-state index contributed by atoms with van der Waals surface area (Å²) in [6, 6.07) is 7.39. The Morgan fingerprint density at radius 1 is 1.04 bits per heavy atom. The van der Waals surface area contributed by atoms with Crippen LogP contribution in [-0.2, 0) is 14.3 Å². The third-order valence-electron chi connectivity index (χ3n) is 3.23. The molecule has 25 heavy (non-hydrogen) atoms. The van der Waals surface area contributed by atoms with E-state index >= 15 is 0 Å². The van der Waals surface area contributed by atoms with Crippen LogP contribution in [0.5, 0.6) is 0 Å². The predicted molar refractivity (Wildman–Crippen MR) is 87.5 cm³/mol. The van der Waals surface area contributed by atoms with Gasteiger partial charge in [-0.25, -0.2) is 9.59 Å². The quantitative estimate of drug-likeness (QED) is 0.610. The van der Waals surface area contributed by atoms with Crippen LogP contribution < -0.4 is 5.32 Å². The number of carbonyl (C=O) groups excluding carboxylic acids is 4. The Labute approximate surface area is 143 Å². The first-order valence-corrected chi connectivity index (χ1v) is 7.25. The number of methoxy groups -OCH3 is 1. The number of amides is 1. The van der Waals surface area contributed by atoms with Gasteiger partial charge in [0.15, 0.2) is 12.4 Å². The summed E-state index contributed by atoms with van der Waals surface area (Å²) in [4.78, 5) is 48.7. The summed E-state index contributed by atoms with van der Waals surface area (Å²) in [5.74, 6) is -1.97. The van der Waals surface area contributed by atoms with Gasteiger partial charge < -0.3 is 19.8 Å². The van der Waals surface area contributed by atoms with E-state index in [1.54, 1.807) is 0 Å². The number of rotatable bonds is 6. The summed E-state index contributed by atoms with van der Waals surface area (Å²) < 4.78 is 9.44. The summed E-state index contributed by atoms with van der Waals surface area (Å²) in [6.07, 6.45) is 1.39. The van der Waals surface area contributed by atoms with E-state index in [1.165, 1.54) is 50.6 Å². The number of aromatic nitrogens is 1. The molecule has 0 atom stereocenters. The molecule has 2 N–H and O–H groups in total. The van der Waals surface area contributed by atoms with Crippen LogP contribution in [0.2, 0.25) is 0 Å². The van der Waals surface area contributed by atoms with Crippen molar-refractivity contribution in [3.63, 3.8) is 0 Å². The van der Waals surface area contributed by atoms with Gasteiger partial charge in [0, 0.05) is 17.4 Å². The molecule has 0 aliphatic heterocycles. The molecular formula is C17H16N2O6. The number of hydrogen-bond acceptors (Lipinski definition) is 6. The van der Waals surface area contributed by atoms with Crippen molar-refractivity contribution in [3.8, 4) is 0 Å². The summed E-state index contributed by atoms with van der Waals surface area (Å²) in [5, 5.41) is 2.52.